The molecule has 4 aromatic rings. The van der Waals surface area contributed by atoms with Gasteiger partial charge in [-0.2, -0.15) is 0 Å². The Morgan fingerprint density at radius 1 is 0.633 bits per heavy atom. The van der Waals surface area contributed by atoms with Crippen LogP contribution in [0.2, 0.25) is 0 Å². The lowest BCUT2D eigenvalue weighted by atomic mass is 9.99. The zero-order valence-electron chi connectivity index (χ0n) is 15.7. The second-order valence-corrected chi connectivity index (χ2v) is 6.63. The molecule has 0 unspecified atom stereocenters. The zero-order valence-corrected chi connectivity index (χ0v) is 15.7. The van der Waals surface area contributed by atoms with E-state index >= 15 is 0 Å². The van der Waals surface area contributed by atoms with Gasteiger partial charge in [-0.15, -0.1) is 0 Å². The van der Waals surface area contributed by atoms with Crippen LogP contribution in [0, 0.1) is 0 Å². The Balaban J connectivity index is 1.84. The Morgan fingerprint density at radius 2 is 1.17 bits per heavy atom. The Kier molecular flexibility index (Phi) is 5.05. The van der Waals surface area contributed by atoms with Gasteiger partial charge in [-0.25, -0.2) is 14.6 Å². The van der Waals surface area contributed by atoms with E-state index in [9.17, 15) is 9.59 Å². The summed E-state index contributed by atoms with van der Waals surface area (Å²) in [5, 5.41) is 18.3. The monoisotopic (exact) mass is 396 g/mol. The molecule has 2 N–H and O–H groups in total. The smallest absolute Gasteiger partial charge is 0.335 e. The zero-order chi connectivity index (χ0) is 21.1. The number of carboxylic acid groups (broad SMARTS) is 2. The largest absolute Gasteiger partial charge is 0.478 e. The van der Waals surface area contributed by atoms with Crippen LogP contribution < -0.4 is 0 Å². The summed E-state index contributed by atoms with van der Waals surface area (Å²) in [6, 6.07) is 20.7. The first-order valence-electron chi connectivity index (χ1n) is 9.11. The molecule has 2 heterocycles. The molecule has 0 saturated heterocycles. The molecule has 0 aliphatic heterocycles. The number of hydrogen-bond donors (Lipinski definition) is 2. The molecular weight excluding hydrogens is 380 g/mol. The van der Waals surface area contributed by atoms with Gasteiger partial charge in [0.15, 0.2) is 0 Å². The maximum absolute atomic E-state index is 11.1. The summed E-state index contributed by atoms with van der Waals surface area (Å²) in [6.45, 7) is 0. The molecule has 2 aromatic carbocycles. The van der Waals surface area contributed by atoms with E-state index in [1.165, 1.54) is 12.1 Å². The van der Waals surface area contributed by atoms with Gasteiger partial charge in [0.05, 0.1) is 22.5 Å². The number of carboxylic acids is 2. The minimum Gasteiger partial charge on any atom is -0.478 e. The predicted octanol–water partition coefficient (Wildman–Crippen LogP) is 4.87. The minimum absolute atomic E-state index is 0.201. The Bertz CT molecular complexity index is 1140. The molecule has 146 valence electrons. The maximum Gasteiger partial charge on any atom is 0.335 e. The van der Waals surface area contributed by atoms with Crippen molar-refractivity contribution in [2.75, 3.05) is 0 Å². The van der Waals surface area contributed by atoms with Gasteiger partial charge in [-0.3, -0.25) is 4.98 Å². The lowest BCUT2D eigenvalue weighted by Gasteiger charge is -2.10. The summed E-state index contributed by atoms with van der Waals surface area (Å²) in [4.78, 5) is 31.2. The van der Waals surface area contributed by atoms with Crippen molar-refractivity contribution in [2.24, 2.45) is 0 Å². The number of hydrogen-bond acceptors (Lipinski definition) is 4. The molecule has 0 radical (unpaired) electrons. The standard InChI is InChI=1S/C24H16N2O4/c27-23(28)17-7-3-15(4-8-17)20-12-21(16-5-9-18(10-6-16)24(29)30)26-22(13-20)19-2-1-11-25-14-19/h1-14H,(H,27,28)(H,29,30). The Labute approximate surface area is 172 Å². The second kappa shape index (κ2) is 7.97. The van der Waals surface area contributed by atoms with Crippen molar-refractivity contribution in [1.82, 2.24) is 9.97 Å². The first-order valence-corrected chi connectivity index (χ1v) is 9.11. The molecule has 0 spiro atoms. The van der Waals surface area contributed by atoms with Gasteiger partial charge in [-0.1, -0.05) is 24.3 Å². The van der Waals surface area contributed by atoms with E-state index < -0.39 is 11.9 Å². The molecule has 0 aliphatic carbocycles. The van der Waals surface area contributed by atoms with E-state index in [-0.39, 0.29) is 11.1 Å². The van der Waals surface area contributed by atoms with E-state index in [4.69, 9.17) is 15.2 Å². The third-order valence-corrected chi connectivity index (χ3v) is 4.68. The molecule has 0 fully saturated rings. The van der Waals surface area contributed by atoms with Crippen LogP contribution in [0.5, 0.6) is 0 Å². The van der Waals surface area contributed by atoms with Crippen molar-refractivity contribution < 1.29 is 19.8 Å². The van der Waals surface area contributed by atoms with Crippen molar-refractivity contribution in [2.45, 2.75) is 0 Å². The highest BCUT2D eigenvalue weighted by atomic mass is 16.4. The van der Waals surface area contributed by atoms with E-state index in [0.717, 1.165) is 22.3 Å². The predicted molar refractivity (Wildman–Crippen MR) is 112 cm³/mol. The minimum atomic E-state index is -0.988. The molecule has 2 aromatic heterocycles. The van der Waals surface area contributed by atoms with Gasteiger partial charge in [-0.05, 0) is 59.7 Å². The highest BCUT2D eigenvalue weighted by molar-refractivity contribution is 5.89. The summed E-state index contributed by atoms with van der Waals surface area (Å²) in [6.07, 6.45) is 3.40. The fourth-order valence-corrected chi connectivity index (χ4v) is 3.10. The average molecular weight is 396 g/mol. The summed E-state index contributed by atoms with van der Waals surface area (Å²) in [7, 11) is 0. The molecule has 0 aliphatic rings. The summed E-state index contributed by atoms with van der Waals surface area (Å²) in [5.41, 5.74) is 5.11. The van der Waals surface area contributed by atoms with Crippen molar-refractivity contribution in [3.8, 4) is 33.6 Å². The van der Waals surface area contributed by atoms with Crippen LogP contribution in [0.4, 0.5) is 0 Å². The van der Waals surface area contributed by atoms with Crippen LogP contribution in [0.25, 0.3) is 33.6 Å². The van der Waals surface area contributed by atoms with Crippen LogP contribution in [0.3, 0.4) is 0 Å². The van der Waals surface area contributed by atoms with Crippen LogP contribution >= 0.6 is 0 Å². The van der Waals surface area contributed by atoms with Gasteiger partial charge >= 0.3 is 11.9 Å². The lowest BCUT2D eigenvalue weighted by Crippen LogP contribution is -1.97. The van der Waals surface area contributed by atoms with Crippen LogP contribution in [-0.2, 0) is 0 Å². The number of aromatic nitrogens is 2. The normalized spacial score (nSPS) is 10.5. The van der Waals surface area contributed by atoms with E-state index in [1.54, 1.807) is 48.8 Å². The van der Waals surface area contributed by atoms with E-state index in [2.05, 4.69) is 4.98 Å². The fourth-order valence-electron chi connectivity index (χ4n) is 3.10. The van der Waals surface area contributed by atoms with Crippen molar-refractivity contribution in [1.29, 1.82) is 0 Å². The van der Waals surface area contributed by atoms with Gasteiger partial charge in [0.2, 0.25) is 0 Å². The number of nitrogens with zero attached hydrogens (tertiary/aromatic N) is 2. The fraction of sp³-hybridized carbons (Fsp3) is 0. The third-order valence-electron chi connectivity index (χ3n) is 4.68. The average Bonchev–Trinajstić information content (AvgIpc) is 2.79. The van der Waals surface area contributed by atoms with Crippen molar-refractivity contribution in [3.63, 3.8) is 0 Å². The Morgan fingerprint density at radius 3 is 1.67 bits per heavy atom. The first-order chi connectivity index (χ1) is 14.5. The molecular formula is C24H16N2O4. The van der Waals surface area contributed by atoms with Crippen LogP contribution in [0.1, 0.15) is 20.7 Å². The molecule has 30 heavy (non-hydrogen) atoms. The summed E-state index contributed by atoms with van der Waals surface area (Å²) < 4.78 is 0. The van der Waals surface area contributed by atoms with Gasteiger partial charge < -0.3 is 10.2 Å². The quantitative estimate of drug-likeness (QED) is 0.499. The van der Waals surface area contributed by atoms with E-state index in [0.29, 0.717) is 11.4 Å². The number of pyridine rings is 2. The van der Waals surface area contributed by atoms with Crippen LogP contribution in [-0.4, -0.2) is 32.1 Å². The number of carbonyl (C=O) groups is 2. The summed E-state index contributed by atoms with van der Waals surface area (Å²) >= 11 is 0. The van der Waals surface area contributed by atoms with Gasteiger partial charge in [0.25, 0.3) is 0 Å². The molecule has 0 bridgehead atoms. The third kappa shape index (κ3) is 3.93. The summed E-state index contributed by atoms with van der Waals surface area (Å²) in [5.74, 6) is -1.97. The van der Waals surface area contributed by atoms with E-state index in [1.807, 2.05) is 24.3 Å². The number of rotatable bonds is 5. The molecule has 0 amide bonds. The SMILES string of the molecule is O=C(O)c1ccc(-c2cc(-c3ccc(C(=O)O)cc3)nc(-c3cccnc3)c2)cc1. The topological polar surface area (TPSA) is 100 Å². The number of benzene rings is 2. The first kappa shape index (κ1) is 19.0. The molecule has 6 heteroatoms. The van der Waals surface area contributed by atoms with Crippen LogP contribution in [0.15, 0.2) is 85.2 Å². The van der Waals surface area contributed by atoms with Crippen molar-refractivity contribution >= 4 is 11.9 Å². The molecule has 4 rings (SSSR count). The second-order valence-electron chi connectivity index (χ2n) is 6.63. The molecule has 6 nitrogen and oxygen atoms in total. The van der Waals surface area contributed by atoms with Crippen molar-refractivity contribution in [3.05, 3.63) is 96.3 Å². The highest BCUT2D eigenvalue weighted by Gasteiger charge is 2.11. The highest BCUT2D eigenvalue weighted by Crippen LogP contribution is 2.30. The van der Waals surface area contributed by atoms with Gasteiger partial charge in [0.1, 0.15) is 0 Å². The molecule has 0 atom stereocenters. The maximum atomic E-state index is 11.1. The number of aromatic carboxylic acids is 2. The van der Waals surface area contributed by atoms with Gasteiger partial charge in [0, 0.05) is 23.5 Å². The lowest BCUT2D eigenvalue weighted by molar-refractivity contribution is 0.0686. The molecule has 0 saturated carbocycles. The Hall–Kier alpha value is -4.32.